The third-order valence-corrected chi connectivity index (χ3v) is 3.93. The fourth-order valence-electron chi connectivity index (χ4n) is 2.72. The van der Waals surface area contributed by atoms with Gasteiger partial charge in [0.1, 0.15) is 12.3 Å². The van der Waals surface area contributed by atoms with Crippen LogP contribution < -0.4 is 10.6 Å². The highest BCUT2D eigenvalue weighted by Crippen LogP contribution is 2.19. The molecule has 1 aromatic carbocycles. The minimum absolute atomic E-state index is 0.536. The fraction of sp³-hybridized carbons (Fsp3) is 0.316. The van der Waals surface area contributed by atoms with Crippen molar-refractivity contribution in [3.63, 3.8) is 0 Å². The van der Waals surface area contributed by atoms with Crippen LogP contribution in [0.25, 0.3) is 10.9 Å². The molecule has 0 bridgehead atoms. The van der Waals surface area contributed by atoms with Gasteiger partial charge in [-0.25, -0.2) is 4.99 Å². The first-order chi connectivity index (χ1) is 11.8. The fourth-order valence-corrected chi connectivity index (χ4v) is 2.72. The van der Waals surface area contributed by atoms with E-state index in [0.29, 0.717) is 6.54 Å². The number of aromatic amines is 1. The monoisotopic (exact) mass is 324 g/mol. The number of hydrogen-bond donors (Lipinski definition) is 3. The van der Waals surface area contributed by atoms with Crippen molar-refractivity contribution in [2.24, 2.45) is 4.99 Å². The van der Waals surface area contributed by atoms with Crippen LogP contribution in [0.3, 0.4) is 0 Å². The molecule has 3 aromatic rings. The van der Waals surface area contributed by atoms with Crippen molar-refractivity contribution < 1.29 is 4.42 Å². The molecule has 0 aliphatic heterocycles. The van der Waals surface area contributed by atoms with E-state index in [4.69, 9.17) is 4.42 Å². The van der Waals surface area contributed by atoms with Crippen LogP contribution in [0.4, 0.5) is 0 Å². The Morgan fingerprint density at radius 3 is 2.96 bits per heavy atom. The Bertz CT molecular complexity index is 802. The minimum atomic E-state index is 0.536. The topological polar surface area (TPSA) is 65.3 Å². The number of fused-ring (bicyclic) bond motifs is 1. The maximum atomic E-state index is 5.32. The van der Waals surface area contributed by atoms with Gasteiger partial charge in [-0.05, 0) is 49.6 Å². The second kappa shape index (κ2) is 7.73. The summed E-state index contributed by atoms with van der Waals surface area (Å²) in [7, 11) is 0. The lowest BCUT2D eigenvalue weighted by molar-refractivity contribution is 0.512. The highest BCUT2D eigenvalue weighted by molar-refractivity contribution is 5.84. The van der Waals surface area contributed by atoms with Crippen LogP contribution in [-0.2, 0) is 13.0 Å². The number of aromatic nitrogens is 1. The Balaban J connectivity index is 1.59. The number of H-pyrrole nitrogens is 1. The van der Waals surface area contributed by atoms with Crippen LogP contribution in [0.5, 0.6) is 0 Å². The lowest BCUT2D eigenvalue weighted by Crippen LogP contribution is -2.38. The second-order valence-electron chi connectivity index (χ2n) is 5.81. The van der Waals surface area contributed by atoms with Gasteiger partial charge < -0.3 is 20.0 Å². The summed E-state index contributed by atoms with van der Waals surface area (Å²) in [5.74, 6) is 1.67. The highest BCUT2D eigenvalue weighted by Gasteiger charge is 2.04. The van der Waals surface area contributed by atoms with Crippen molar-refractivity contribution in [2.45, 2.75) is 26.8 Å². The molecule has 3 rings (SSSR count). The SMILES string of the molecule is CCNC(=NCc1ccco1)NCCc1c[nH]c2cc(C)ccc12. The van der Waals surface area contributed by atoms with Gasteiger partial charge in [0.05, 0.1) is 6.26 Å². The van der Waals surface area contributed by atoms with Crippen LogP contribution >= 0.6 is 0 Å². The van der Waals surface area contributed by atoms with Gasteiger partial charge in [0.15, 0.2) is 5.96 Å². The molecule has 5 heteroatoms. The highest BCUT2D eigenvalue weighted by atomic mass is 16.3. The first-order valence-corrected chi connectivity index (χ1v) is 8.37. The number of nitrogens with one attached hydrogen (secondary N) is 3. The molecule has 0 fully saturated rings. The van der Waals surface area contributed by atoms with Crippen LogP contribution in [0.15, 0.2) is 52.2 Å². The standard InChI is InChI=1S/C19H24N4O/c1-3-20-19(23-13-16-5-4-10-24-16)21-9-8-15-12-22-18-11-14(2)6-7-17(15)18/h4-7,10-12,22H,3,8-9,13H2,1-2H3,(H2,20,21,23). The van der Waals surface area contributed by atoms with Gasteiger partial charge in [0, 0.05) is 30.2 Å². The van der Waals surface area contributed by atoms with Crippen LogP contribution in [0, 0.1) is 6.92 Å². The third-order valence-electron chi connectivity index (χ3n) is 3.93. The van der Waals surface area contributed by atoms with Gasteiger partial charge in [-0.3, -0.25) is 0 Å². The molecule has 2 aromatic heterocycles. The molecule has 3 N–H and O–H groups in total. The van der Waals surface area contributed by atoms with E-state index in [1.807, 2.05) is 12.1 Å². The van der Waals surface area contributed by atoms with Gasteiger partial charge >= 0.3 is 0 Å². The van der Waals surface area contributed by atoms with E-state index in [9.17, 15) is 0 Å². The van der Waals surface area contributed by atoms with Crippen molar-refractivity contribution in [3.05, 3.63) is 59.7 Å². The van der Waals surface area contributed by atoms with Crippen LogP contribution in [-0.4, -0.2) is 24.0 Å². The molecule has 2 heterocycles. The van der Waals surface area contributed by atoms with Crippen LogP contribution in [0.1, 0.15) is 23.8 Å². The second-order valence-corrected chi connectivity index (χ2v) is 5.81. The summed E-state index contributed by atoms with van der Waals surface area (Å²) in [6, 6.07) is 10.3. The normalized spacial score (nSPS) is 11.8. The maximum absolute atomic E-state index is 5.32. The number of benzene rings is 1. The largest absolute Gasteiger partial charge is 0.467 e. The van der Waals surface area contributed by atoms with Gasteiger partial charge in [-0.1, -0.05) is 12.1 Å². The predicted octanol–water partition coefficient (Wildman–Crippen LogP) is 3.37. The predicted molar refractivity (Wildman–Crippen MR) is 98.3 cm³/mol. The summed E-state index contributed by atoms with van der Waals surface area (Å²) in [5.41, 5.74) is 3.79. The molecular weight excluding hydrogens is 300 g/mol. The van der Waals surface area contributed by atoms with Gasteiger partial charge in [0.2, 0.25) is 0 Å². The molecular formula is C19H24N4O. The van der Waals surface area contributed by atoms with E-state index in [2.05, 4.69) is 58.9 Å². The quantitative estimate of drug-likeness (QED) is 0.481. The summed E-state index contributed by atoms with van der Waals surface area (Å²) in [6.45, 7) is 6.36. The van der Waals surface area contributed by atoms with E-state index < -0.39 is 0 Å². The van der Waals surface area contributed by atoms with Crippen molar-refractivity contribution >= 4 is 16.9 Å². The lowest BCUT2D eigenvalue weighted by Gasteiger charge is -2.10. The van der Waals surface area contributed by atoms with Crippen molar-refractivity contribution in [1.82, 2.24) is 15.6 Å². The van der Waals surface area contributed by atoms with E-state index in [1.54, 1.807) is 6.26 Å². The van der Waals surface area contributed by atoms with E-state index >= 15 is 0 Å². The Kier molecular flexibility index (Phi) is 5.21. The van der Waals surface area contributed by atoms with Gasteiger partial charge in [-0.2, -0.15) is 0 Å². The van der Waals surface area contributed by atoms with Gasteiger partial charge in [0.25, 0.3) is 0 Å². The Hall–Kier alpha value is -2.69. The molecule has 0 spiro atoms. The van der Waals surface area contributed by atoms with Gasteiger partial charge in [-0.15, -0.1) is 0 Å². The Morgan fingerprint density at radius 1 is 1.25 bits per heavy atom. The average Bonchev–Trinajstić information content (AvgIpc) is 3.22. The number of nitrogens with zero attached hydrogens (tertiary/aromatic N) is 1. The number of guanidine groups is 1. The van der Waals surface area contributed by atoms with Crippen molar-refractivity contribution in [2.75, 3.05) is 13.1 Å². The molecule has 0 atom stereocenters. The summed E-state index contributed by atoms with van der Waals surface area (Å²) < 4.78 is 5.32. The molecule has 0 saturated heterocycles. The third kappa shape index (κ3) is 3.98. The first-order valence-electron chi connectivity index (χ1n) is 8.37. The lowest BCUT2D eigenvalue weighted by atomic mass is 10.1. The van der Waals surface area contributed by atoms with Crippen molar-refractivity contribution in [1.29, 1.82) is 0 Å². The number of rotatable bonds is 6. The van der Waals surface area contributed by atoms with Crippen molar-refractivity contribution in [3.8, 4) is 0 Å². The summed E-state index contributed by atoms with van der Waals surface area (Å²) in [4.78, 5) is 7.89. The zero-order valence-corrected chi connectivity index (χ0v) is 14.2. The summed E-state index contributed by atoms with van der Waals surface area (Å²) >= 11 is 0. The number of furan rings is 1. The zero-order chi connectivity index (χ0) is 16.8. The number of aryl methyl sites for hydroxylation is 1. The molecule has 0 amide bonds. The zero-order valence-electron chi connectivity index (χ0n) is 14.2. The molecule has 0 aliphatic rings. The number of aliphatic imine (C=N–C) groups is 1. The van der Waals surface area contributed by atoms with Crippen LogP contribution in [0.2, 0.25) is 0 Å². The summed E-state index contributed by atoms with van der Waals surface area (Å²) in [6.07, 6.45) is 4.71. The minimum Gasteiger partial charge on any atom is -0.467 e. The Morgan fingerprint density at radius 2 is 2.17 bits per heavy atom. The Labute approximate surface area is 142 Å². The molecule has 5 nitrogen and oxygen atoms in total. The molecule has 126 valence electrons. The first kappa shape index (κ1) is 16.2. The number of hydrogen-bond acceptors (Lipinski definition) is 2. The maximum Gasteiger partial charge on any atom is 0.191 e. The molecule has 0 saturated carbocycles. The average molecular weight is 324 g/mol. The smallest absolute Gasteiger partial charge is 0.191 e. The molecule has 0 radical (unpaired) electrons. The van der Waals surface area contributed by atoms with E-state index in [-0.39, 0.29) is 0 Å². The summed E-state index contributed by atoms with van der Waals surface area (Å²) in [5, 5.41) is 7.93. The molecule has 0 unspecified atom stereocenters. The van der Waals surface area contributed by atoms with E-state index in [1.165, 1.54) is 22.0 Å². The molecule has 24 heavy (non-hydrogen) atoms. The van der Waals surface area contributed by atoms with E-state index in [0.717, 1.165) is 31.2 Å². The molecule has 0 aliphatic carbocycles.